The molecule has 0 saturated carbocycles. The molecule has 1 heterocycles. The quantitative estimate of drug-likeness (QED) is 0.487. The Kier molecular flexibility index (Phi) is 6.65. The molecule has 1 aliphatic rings. The summed E-state index contributed by atoms with van der Waals surface area (Å²) < 4.78 is 11.7. The molecule has 1 unspecified atom stereocenters. The predicted octanol–water partition coefficient (Wildman–Crippen LogP) is 2.45. The zero-order valence-corrected chi connectivity index (χ0v) is 16.9. The maximum Gasteiger partial charge on any atom is 0.120 e. The summed E-state index contributed by atoms with van der Waals surface area (Å²) in [7, 11) is 0. The van der Waals surface area contributed by atoms with Crippen LogP contribution in [-0.4, -0.2) is 51.4 Å². The molecule has 0 amide bonds. The molecule has 6 heteroatoms. The van der Waals surface area contributed by atoms with Crippen molar-refractivity contribution in [3.8, 4) is 16.9 Å². The minimum Gasteiger partial charge on any atom is -0.489 e. The summed E-state index contributed by atoms with van der Waals surface area (Å²) in [6.45, 7) is -0.114. The molecule has 4 N–H and O–H groups in total. The van der Waals surface area contributed by atoms with E-state index in [4.69, 9.17) is 9.47 Å². The highest BCUT2D eigenvalue weighted by atomic mass is 16.5. The monoisotopic (exact) mass is 422 g/mol. The minimum absolute atomic E-state index is 0.350. The molecule has 0 aliphatic carbocycles. The Labute approximate surface area is 180 Å². The molecule has 0 spiro atoms. The van der Waals surface area contributed by atoms with E-state index in [1.807, 2.05) is 36.4 Å². The smallest absolute Gasteiger partial charge is 0.120 e. The zero-order chi connectivity index (χ0) is 21.8. The lowest BCUT2D eigenvalue weighted by molar-refractivity contribution is -0.231. The lowest BCUT2D eigenvalue weighted by Gasteiger charge is -2.40. The number of benzene rings is 3. The van der Waals surface area contributed by atoms with Gasteiger partial charge in [0, 0.05) is 0 Å². The fourth-order valence-corrected chi connectivity index (χ4v) is 3.87. The zero-order valence-electron chi connectivity index (χ0n) is 16.9. The molecule has 3 aromatic rings. The number of rotatable bonds is 6. The van der Waals surface area contributed by atoms with Crippen LogP contribution in [0, 0.1) is 0 Å². The fourth-order valence-electron chi connectivity index (χ4n) is 3.87. The lowest BCUT2D eigenvalue weighted by Crippen LogP contribution is -2.55. The van der Waals surface area contributed by atoms with Gasteiger partial charge in [-0.3, -0.25) is 0 Å². The predicted molar refractivity (Wildman–Crippen MR) is 115 cm³/mol. The van der Waals surface area contributed by atoms with Crippen molar-refractivity contribution in [1.82, 2.24) is 0 Å². The summed E-state index contributed by atoms with van der Waals surface area (Å²) in [6, 6.07) is 25.2. The maximum atomic E-state index is 10.4. The number of ether oxygens (including phenoxy) is 2. The van der Waals surface area contributed by atoms with Gasteiger partial charge >= 0.3 is 0 Å². The van der Waals surface area contributed by atoms with E-state index in [0.29, 0.717) is 17.9 Å². The Morgan fingerprint density at radius 2 is 1.52 bits per heavy atom. The molecule has 5 atom stereocenters. The third kappa shape index (κ3) is 4.63. The molecule has 31 heavy (non-hydrogen) atoms. The highest BCUT2D eigenvalue weighted by Crippen LogP contribution is 2.34. The van der Waals surface area contributed by atoms with E-state index in [-0.39, 0.29) is 0 Å². The molecule has 1 saturated heterocycles. The molecule has 6 nitrogen and oxygen atoms in total. The van der Waals surface area contributed by atoms with Crippen molar-refractivity contribution < 1.29 is 29.9 Å². The average Bonchev–Trinajstić information content (AvgIpc) is 2.82. The third-order valence-corrected chi connectivity index (χ3v) is 5.58. The second-order valence-electron chi connectivity index (χ2n) is 7.63. The van der Waals surface area contributed by atoms with Gasteiger partial charge in [-0.25, -0.2) is 0 Å². The number of hydrogen-bond donors (Lipinski definition) is 4. The molecule has 3 aromatic carbocycles. The summed E-state index contributed by atoms with van der Waals surface area (Å²) >= 11 is 0. The summed E-state index contributed by atoms with van der Waals surface area (Å²) in [5.74, 6) is 0.581. The number of aliphatic hydroxyl groups is 4. The van der Waals surface area contributed by atoms with Crippen molar-refractivity contribution in [3.63, 3.8) is 0 Å². The van der Waals surface area contributed by atoms with Crippen LogP contribution in [0.5, 0.6) is 5.75 Å². The normalized spacial score (nSPS) is 25.9. The van der Waals surface area contributed by atoms with Gasteiger partial charge in [-0.1, -0.05) is 66.7 Å². The first-order chi connectivity index (χ1) is 15.1. The summed E-state index contributed by atoms with van der Waals surface area (Å²) in [4.78, 5) is 0. The van der Waals surface area contributed by atoms with Crippen molar-refractivity contribution >= 4 is 0 Å². The summed E-state index contributed by atoms with van der Waals surface area (Å²) in [5, 5.41) is 39.8. The van der Waals surface area contributed by atoms with Crippen LogP contribution in [0.4, 0.5) is 0 Å². The minimum atomic E-state index is -1.42. The van der Waals surface area contributed by atoms with Gasteiger partial charge in [-0.15, -0.1) is 0 Å². The Balaban J connectivity index is 1.52. The highest BCUT2D eigenvalue weighted by molar-refractivity contribution is 5.67. The van der Waals surface area contributed by atoms with Crippen molar-refractivity contribution in [2.45, 2.75) is 37.1 Å². The van der Waals surface area contributed by atoms with Gasteiger partial charge in [0.15, 0.2) is 0 Å². The van der Waals surface area contributed by atoms with Crippen LogP contribution in [0.3, 0.4) is 0 Å². The van der Waals surface area contributed by atoms with Gasteiger partial charge in [0.1, 0.15) is 42.9 Å². The van der Waals surface area contributed by atoms with Gasteiger partial charge in [0.25, 0.3) is 0 Å². The van der Waals surface area contributed by atoms with Crippen LogP contribution in [-0.2, 0) is 11.3 Å². The van der Waals surface area contributed by atoms with E-state index >= 15 is 0 Å². The van der Waals surface area contributed by atoms with E-state index in [2.05, 4.69) is 18.2 Å². The second kappa shape index (κ2) is 9.60. The van der Waals surface area contributed by atoms with E-state index in [1.54, 1.807) is 24.3 Å². The van der Waals surface area contributed by atoms with Gasteiger partial charge in [-0.2, -0.15) is 0 Å². The van der Waals surface area contributed by atoms with E-state index in [1.165, 1.54) is 0 Å². The second-order valence-corrected chi connectivity index (χ2v) is 7.63. The molecule has 0 aromatic heterocycles. The first kappa shape index (κ1) is 21.5. The standard InChI is InChI=1S/C25H26O6/c26-14-21-22(27)23(28)24(29)25(31-21)17-10-6-11-19(13-17)30-15-18-9-4-5-12-20(18)16-7-2-1-3-8-16/h1-13,21-29H,14-15H2/t21-,22-,23+,24+,25?/m1/s1. The van der Waals surface area contributed by atoms with Crippen molar-refractivity contribution in [3.05, 3.63) is 90.0 Å². The molecule has 0 radical (unpaired) electrons. The molecular formula is C25H26O6. The van der Waals surface area contributed by atoms with Crippen molar-refractivity contribution in [2.75, 3.05) is 6.61 Å². The average molecular weight is 422 g/mol. The summed E-state index contributed by atoms with van der Waals surface area (Å²) in [5.41, 5.74) is 3.82. The van der Waals surface area contributed by atoms with Crippen molar-refractivity contribution in [2.24, 2.45) is 0 Å². The Bertz CT molecular complexity index is 990. The van der Waals surface area contributed by atoms with E-state index in [9.17, 15) is 20.4 Å². The molecule has 1 aliphatic heterocycles. The molecule has 4 rings (SSSR count). The molecular weight excluding hydrogens is 396 g/mol. The van der Waals surface area contributed by atoms with Crippen LogP contribution in [0.15, 0.2) is 78.9 Å². The third-order valence-electron chi connectivity index (χ3n) is 5.58. The van der Waals surface area contributed by atoms with Gasteiger partial charge < -0.3 is 29.9 Å². The van der Waals surface area contributed by atoms with Crippen LogP contribution < -0.4 is 4.74 Å². The largest absolute Gasteiger partial charge is 0.489 e. The summed E-state index contributed by atoms with van der Waals surface area (Å²) in [6.07, 6.45) is -5.98. The number of hydrogen-bond acceptors (Lipinski definition) is 6. The lowest BCUT2D eigenvalue weighted by atomic mass is 9.91. The fraction of sp³-hybridized carbons (Fsp3) is 0.280. The van der Waals surface area contributed by atoms with Gasteiger partial charge in [0.2, 0.25) is 0 Å². The first-order valence-electron chi connectivity index (χ1n) is 10.2. The van der Waals surface area contributed by atoms with Crippen LogP contribution in [0.2, 0.25) is 0 Å². The SMILES string of the molecule is OC[C@H]1OC(c2cccc(OCc3ccccc3-c3ccccc3)c2)[C@@H](O)[C@@H](O)[C@@H]1O. The Morgan fingerprint density at radius 1 is 0.774 bits per heavy atom. The van der Waals surface area contributed by atoms with Gasteiger partial charge in [0.05, 0.1) is 6.61 Å². The van der Waals surface area contributed by atoms with Crippen molar-refractivity contribution in [1.29, 1.82) is 0 Å². The Hall–Kier alpha value is -2.74. The number of aliphatic hydroxyl groups excluding tert-OH is 4. The van der Waals surface area contributed by atoms with Crippen LogP contribution in [0.1, 0.15) is 17.2 Å². The Morgan fingerprint density at radius 3 is 2.29 bits per heavy atom. The molecule has 0 bridgehead atoms. The van der Waals surface area contributed by atoms with E-state index in [0.717, 1.165) is 16.7 Å². The molecule has 1 fully saturated rings. The van der Waals surface area contributed by atoms with Crippen LogP contribution >= 0.6 is 0 Å². The van der Waals surface area contributed by atoms with Crippen LogP contribution in [0.25, 0.3) is 11.1 Å². The molecule has 162 valence electrons. The van der Waals surface area contributed by atoms with Gasteiger partial charge in [-0.05, 0) is 34.4 Å². The maximum absolute atomic E-state index is 10.4. The topological polar surface area (TPSA) is 99.4 Å². The first-order valence-corrected chi connectivity index (χ1v) is 10.2. The highest BCUT2D eigenvalue weighted by Gasteiger charge is 2.43. The van der Waals surface area contributed by atoms with E-state index < -0.39 is 37.1 Å².